The molecule has 2 aromatic rings. The first-order valence-electron chi connectivity index (χ1n) is 6.19. The van der Waals surface area contributed by atoms with Crippen LogP contribution in [0.15, 0.2) is 28.2 Å². The Kier molecular flexibility index (Phi) is 5.39. The van der Waals surface area contributed by atoms with E-state index in [1.165, 1.54) is 4.88 Å². The standard InChI is InChI=1S/C14H16BrClN2S/c1-3-17-13(14-9(2)18-8-19-14)6-10-4-5-11(15)7-12(10)16/h4-5,7-8,13,17H,3,6H2,1-2H3. The quantitative estimate of drug-likeness (QED) is 0.832. The Hall–Kier alpha value is -0.420. The highest BCUT2D eigenvalue weighted by Crippen LogP contribution is 2.29. The van der Waals surface area contributed by atoms with Crippen molar-refractivity contribution < 1.29 is 0 Å². The number of likely N-dealkylation sites (N-methyl/N-ethyl adjacent to an activating group) is 1. The first kappa shape index (κ1) is 15.0. The van der Waals surface area contributed by atoms with E-state index in [1.54, 1.807) is 11.3 Å². The summed E-state index contributed by atoms with van der Waals surface area (Å²) in [6, 6.07) is 6.33. The van der Waals surface area contributed by atoms with Crippen molar-refractivity contribution in [3.05, 3.63) is 49.3 Å². The molecular weight excluding hydrogens is 344 g/mol. The van der Waals surface area contributed by atoms with Gasteiger partial charge in [0.05, 0.1) is 11.2 Å². The molecule has 0 spiro atoms. The lowest BCUT2D eigenvalue weighted by atomic mass is 10.0. The van der Waals surface area contributed by atoms with Crippen molar-refractivity contribution in [2.24, 2.45) is 0 Å². The molecule has 5 heteroatoms. The molecule has 0 radical (unpaired) electrons. The number of nitrogens with zero attached hydrogens (tertiary/aromatic N) is 1. The molecule has 19 heavy (non-hydrogen) atoms. The molecular formula is C14H16BrClN2S. The van der Waals surface area contributed by atoms with E-state index >= 15 is 0 Å². The highest BCUT2D eigenvalue weighted by molar-refractivity contribution is 9.10. The van der Waals surface area contributed by atoms with E-state index in [0.29, 0.717) is 0 Å². The minimum atomic E-state index is 0.274. The van der Waals surface area contributed by atoms with Gasteiger partial charge in [-0.05, 0) is 37.6 Å². The van der Waals surface area contributed by atoms with Gasteiger partial charge >= 0.3 is 0 Å². The predicted octanol–water partition coefficient (Wildman–Crippen LogP) is 4.76. The second-order valence-electron chi connectivity index (χ2n) is 4.35. The molecule has 0 amide bonds. The topological polar surface area (TPSA) is 24.9 Å². The molecule has 0 bridgehead atoms. The van der Waals surface area contributed by atoms with Crippen LogP contribution in [0.3, 0.4) is 0 Å². The fraction of sp³-hybridized carbons (Fsp3) is 0.357. The summed E-state index contributed by atoms with van der Waals surface area (Å²) in [5.41, 5.74) is 4.16. The largest absolute Gasteiger partial charge is 0.309 e. The molecule has 1 N–H and O–H groups in total. The van der Waals surface area contributed by atoms with Crippen LogP contribution in [0.1, 0.15) is 29.1 Å². The third-order valence-corrected chi connectivity index (χ3v) is 4.88. The third kappa shape index (κ3) is 3.78. The normalized spacial score (nSPS) is 12.6. The number of nitrogens with one attached hydrogen (secondary N) is 1. The molecule has 1 unspecified atom stereocenters. The highest BCUT2D eigenvalue weighted by atomic mass is 79.9. The molecule has 1 aromatic heterocycles. The van der Waals surface area contributed by atoms with Crippen LogP contribution in [0.5, 0.6) is 0 Å². The molecule has 0 fully saturated rings. The Balaban J connectivity index is 2.24. The number of hydrogen-bond donors (Lipinski definition) is 1. The van der Waals surface area contributed by atoms with Crippen LogP contribution in [-0.2, 0) is 6.42 Å². The first-order valence-corrected chi connectivity index (χ1v) is 8.24. The summed E-state index contributed by atoms with van der Waals surface area (Å²) in [5, 5.41) is 4.32. The average Bonchev–Trinajstić information content (AvgIpc) is 2.78. The molecule has 1 atom stereocenters. The van der Waals surface area contributed by atoms with Crippen LogP contribution in [0.25, 0.3) is 0 Å². The molecule has 2 rings (SSSR count). The van der Waals surface area contributed by atoms with Crippen molar-refractivity contribution in [1.82, 2.24) is 10.3 Å². The first-order chi connectivity index (χ1) is 9.11. The van der Waals surface area contributed by atoms with Gasteiger partial charge < -0.3 is 5.32 Å². The number of rotatable bonds is 5. The Morgan fingerprint density at radius 1 is 1.47 bits per heavy atom. The fourth-order valence-corrected chi connectivity index (χ4v) is 3.69. The number of aryl methyl sites for hydroxylation is 1. The number of aromatic nitrogens is 1. The van der Waals surface area contributed by atoms with Crippen LogP contribution in [0.4, 0.5) is 0 Å². The minimum Gasteiger partial charge on any atom is -0.309 e. The van der Waals surface area contributed by atoms with E-state index in [0.717, 1.165) is 33.7 Å². The Labute approximate surface area is 131 Å². The van der Waals surface area contributed by atoms with Gasteiger partial charge in [0.1, 0.15) is 0 Å². The van der Waals surface area contributed by atoms with Crippen LogP contribution in [0, 0.1) is 6.92 Å². The lowest BCUT2D eigenvalue weighted by Gasteiger charge is -2.18. The molecule has 0 aliphatic carbocycles. The van der Waals surface area contributed by atoms with E-state index in [2.05, 4.69) is 46.1 Å². The molecule has 0 aliphatic rings. The van der Waals surface area contributed by atoms with Gasteiger partial charge in [-0.3, -0.25) is 0 Å². The number of benzene rings is 1. The number of thiazole rings is 1. The van der Waals surface area contributed by atoms with E-state index < -0.39 is 0 Å². The summed E-state index contributed by atoms with van der Waals surface area (Å²) >= 11 is 11.4. The average molecular weight is 360 g/mol. The van der Waals surface area contributed by atoms with Gasteiger partial charge in [0.25, 0.3) is 0 Å². The van der Waals surface area contributed by atoms with E-state index in [9.17, 15) is 0 Å². The molecule has 1 aromatic carbocycles. The van der Waals surface area contributed by atoms with Crippen molar-refractivity contribution in [3.63, 3.8) is 0 Å². The van der Waals surface area contributed by atoms with Crippen LogP contribution in [-0.4, -0.2) is 11.5 Å². The minimum absolute atomic E-state index is 0.274. The monoisotopic (exact) mass is 358 g/mol. The molecule has 2 nitrogen and oxygen atoms in total. The number of hydrogen-bond acceptors (Lipinski definition) is 3. The van der Waals surface area contributed by atoms with Crippen molar-refractivity contribution in [2.75, 3.05) is 6.54 Å². The van der Waals surface area contributed by atoms with E-state index in [4.69, 9.17) is 11.6 Å². The second kappa shape index (κ2) is 6.84. The summed E-state index contributed by atoms with van der Waals surface area (Å²) in [6.07, 6.45) is 0.878. The zero-order chi connectivity index (χ0) is 13.8. The summed E-state index contributed by atoms with van der Waals surface area (Å²) < 4.78 is 1.01. The summed E-state index contributed by atoms with van der Waals surface area (Å²) in [5.74, 6) is 0. The Morgan fingerprint density at radius 2 is 2.26 bits per heavy atom. The zero-order valence-corrected chi connectivity index (χ0v) is 14.1. The molecule has 102 valence electrons. The zero-order valence-electron chi connectivity index (χ0n) is 10.9. The van der Waals surface area contributed by atoms with Crippen LogP contribution in [0.2, 0.25) is 5.02 Å². The smallest absolute Gasteiger partial charge is 0.0798 e. The maximum Gasteiger partial charge on any atom is 0.0798 e. The number of halogens is 2. The second-order valence-corrected chi connectivity index (χ2v) is 6.56. The van der Waals surface area contributed by atoms with Gasteiger partial charge in [0.2, 0.25) is 0 Å². The fourth-order valence-electron chi connectivity index (χ4n) is 2.06. The summed E-state index contributed by atoms with van der Waals surface area (Å²) in [7, 11) is 0. The van der Waals surface area contributed by atoms with Crippen molar-refractivity contribution in [1.29, 1.82) is 0 Å². The maximum absolute atomic E-state index is 6.30. The van der Waals surface area contributed by atoms with E-state index in [1.807, 2.05) is 17.6 Å². The van der Waals surface area contributed by atoms with Gasteiger partial charge in [0, 0.05) is 20.4 Å². The van der Waals surface area contributed by atoms with Gasteiger partial charge in [-0.15, -0.1) is 11.3 Å². The van der Waals surface area contributed by atoms with Crippen molar-refractivity contribution in [3.8, 4) is 0 Å². The summed E-state index contributed by atoms with van der Waals surface area (Å²) in [4.78, 5) is 5.63. The van der Waals surface area contributed by atoms with Gasteiger partial charge in [-0.2, -0.15) is 0 Å². The maximum atomic E-state index is 6.30. The Morgan fingerprint density at radius 3 is 2.84 bits per heavy atom. The molecule has 0 saturated heterocycles. The van der Waals surface area contributed by atoms with Crippen LogP contribution < -0.4 is 5.32 Å². The van der Waals surface area contributed by atoms with Gasteiger partial charge in [-0.25, -0.2) is 4.98 Å². The molecule has 1 heterocycles. The van der Waals surface area contributed by atoms with Crippen molar-refractivity contribution >= 4 is 38.9 Å². The van der Waals surface area contributed by atoms with Gasteiger partial charge in [0.15, 0.2) is 0 Å². The predicted molar refractivity (Wildman–Crippen MR) is 86.1 cm³/mol. The van der Waals surface area contributed by atoms with E-state index in [-0.39, 0.29) is 6.04 Å². The highest BCUT2D eigenvalue weighted by Gasteiger charge is 2.17. The third-order valence-electron chi connectivity index (χ3n) is 2.99. The molecule has 0 aliphatic heterocycles. The van der Waals surface area contributed by atoms with Gasteiger partial charge in [-0.1, -0.05) is 40.5 Å². The summed E-state index contributed by atoms with van der Waals surface area (Å²) in [6.45, 7) is 5.10. The Bertz CT molecular complexity index is 556. The SMILES string of the molecule is CCNC(Cc1ccc(Br)cc1Cl)c1scnc1C. The van der Waals surface area contributed by atoms with Crippen LogP contribution >= 0.6 is 38.9 Å². The lowest BCUT2D eigenvalue weighted by Crippen LogP contribution is -2.23. The van der Waals surface area contributed by atoms with Crippen molar-refractivity contribution in [2.45, 2.75) is 26.3 Å². The molecule has 0 saturated carbocycles. The lowest BCUT2D eigenvalue weighted by molar-refractivity contribution is 0.555.